The van der Waals surface area contributed by atoms with E-state index in [1.54, 1.807) is 13.0 Å². The van der Waals surface area contributed by atoms with Gasteiger partial charge in [0.15, 0.2) is 5.60 Å². The molecule has 1 aromatic rings. The number of hydrogen-bond donors (Lipinski definition) is 2. The zero-order valence-electron chi connectivity index (χ0n) is 10.9. The number of anilines is 1. The lowest BCUT2D eigenvalue weighted by molar-refractivity contribution is -0.150. The first kappa shape index (κ1) is 13.4. The number of nitrogens with zero attached hydrogens (tertiary/aromatic N) is 1. The normalized spacial score (nSPS) is 21.5. The van der Waals surface area contributed by atoms with Crippen LogP contribution >= 0.6 is 0 Å². The number of fused-ring (bicyclic) bond motifs is 1. The maximum Gasteiger partial charge on any atom is 0.307 e. The number of carbonyl (C=O) groups excluding carboxylic acids is 1. The molecule has 1 unspecified atom stereocenters. The van der Waals surface area contributed by atoms with Gasteiger partial charge in [-0.05, 0) is 24.6 Å². The number of aryl methyl sites for hydroxylation is 1. The molecule has 0 fully saturated rings. The molecule has 0 saturated carbocycles. The number of hydrogen-bond acceptors (Lipinski definition) is 4. The number of aliphatic hydroxyl groups is 1. The monoisotopic (exact) mass is 265 g/mol. The minimum absolute atomic E-state index is 0.277. The maximum absolute atomic E-state index is 12.1. The van der Waals surface area contributed by atoms with E-state index in [2.05, 4.69) is 0 Å². The molecule has 2 rings (SSSR count). The summed E-state index contributed by atoms with van der Waals surface area (Å²) in [6.45, 7) is 1.78. The van der Waals surface area contributed by atoms with Crippen molar-refractivity contribution in [3.8, 4) is 5.75 Å². The molecule has 1 aliphatic heterocycles. The van der Waals surface area contributed by atoms with Crippen molar-refractivity contribution >= 4 is 17.6 Å². The van der Waals surface area contributed by atoms with Gasteiger partial charge in [-0.2, -0.15) is 0 Å². The first-order chi connectivity index (χ1) is 8.81. The fourth-order valence-corrected chi connectivity index (χ4v) is 2.51. The molecule has 6 nitrogen and oxygen atoms in total. The summed E-state index contributed by atoms with van der Waals surface area (Å²) in [7, 11) is 2.98. The highest BCUT2D eigenvalue weighted by Crippen LogP contribution is 2.45. The van der Waals surface area contributed by atoms with Crippen molar-refractivity contribution in [1.82, 2.24) is 0 Å². The fraction of sp³-hybridized carbons (Fsp3) is 0.385. The Hall–Kier alpha value is -2.08. The van der Waals surface area contributed by atoms with E-state index in [1.165, 1.54) is 25.1 Å². The lowest BCUT2D eigenvalue weighted by Crippen LogP contribution is -2.40. The number of rotatable bonds is 3. The van der Waals surface area contributed by atoms with Crippen molar-refractivity contribution in [3.05, 3.63) is 23.3 Å². The minimum atomic E-state index is -2.03. The third-order valence-corrected chi connectivity index (χ3v) is 3.36. The quantitative estimate of drug-likeness (QED) is 0.837. The number of carbonyl (C=O) groups is 2. The molecule has 1 aromatic carbocycles. The second kappa shape index (κ2) is 4.24. The van der Waals surface area contributed by atoms with Crippen LogP contribution in [0.2, 0.25) is 0 Å². The summed E-state index contributed by atoms with van der Waals surface area (Å²) in [5.41, 5.74) is -0.477. The average Bonchev–Trinajstić information content (AvgIpc) is 2.51. The molecule has 0 aliphatic carbocycles. The molecule has 0 bridgehead atoms. The number of carboxylic acid groups (broad SMARTS) is 1. The van der Waals surface area contributed by atoms with Gasteiger partial charge in [-0.1, -0.05) is 0 Å². The van der Waals surface area contributed by atoms with Crippen LogP contribution in [0.4, 0.5) is 5.69 Å². The lowest BCUT2D eigenvalue weighted by Gasteiger charge is -2.19. The summed E-state index contributed by atoms with van der Waals surface area (Å²) in [5, 5.41) is 19.4. The highest BCUT2D eigenvalue weighted by molar-refractivity contribution is 6.08. The van der Waals surface area contributed by atoms with Crippen LogP contribution in [0.3, 0.4) is 0 Å². The topological polar surface area (TPSA) is 87.1 Å². The molecule has 0 radical (unpaired) electrons. The molecular weight excluding hydrogens is 250 g/mol. The first-order valence-electron chi connectivity index (χ1n) is 5.72. The van der Waals surface area contributed by atoms with Crippen molar-refractivity contribution < 1.29 is 24.5 Å². The Balaban J connectivity index is 2.67. The largest absolute Gasteiger partial charge is 0.497 e. The van der Waals surface area contributed by atoms with Crippen molar-refractivity contribution in [1.29, 1.82) is 0 Å². The van der Waals surface area contributed by atoms with Crippen LogP contribution in [0, 0.1) is 6.92 Å². The van der Waals surface area contributed by atoms with Crippen molar-refractivity contribution in [2.24, 2.45) is 0 Å². The smallest absolute Gasteiger partial charge is 0.307 e. The molecule has 2 N–H and O–H groups in total. The Bertz CT molecular complexity index is 568. The van der Waals surface area contributed by atoms with Crippen molar-refractivity contribution in [2.45, 2.75) is 18.9 Å². The molecule has 1 aliphatic rings. The Kier molecular flexibility index (Phi) is 2.98. The molecule has 0 saturated heterocycles. The summed E-state index contributed by atoms with van der Waals surface area (Å²) < 4.78 is 5.10. The van der Waals surface area contributed by atoms with E-state index in [4.69, 9.17) is 9.84 Å². The van der Waals surface area contributed by atoms with Crippen molar-refractivity contribution in [2.75, 3.05) is 19.1 Å². The van der Waals surface area contributed by atoms with Crippen LogP contribution in [0.5, 0.6) is 5.75 Å². The number of aliphatic carboxylic acids is 1. The molecule has 0 spiro atoms. The summed E-state index contributed by atoms with van der Waals surface area (Å²) in [4.78, 5) is 24.3. The van der Waals surface area contributed by atoms with E-state index < -0.39 is 23.9 Å². The van der Waals surface area contributed by atoms with Gasteiger partial charge in [-0.15, -0.1) is 0 Å². The second-order valence-corrected chi connectivity index (χ2v) is 4.64. The summed E-state index contributed by atoms with van der Waals surface area (Å²) in [5.74, 6) is -1.40. The second-order valence-electron chi connectivity index (χ2n) is 4.64. The van der Waals surface area contributed by atoms with Gasteiger partial charge in [0.1, 0.15) is 5.75 Å². The number of likely N-dealkylation sites (N-methyl/N-ethyl adjacent to an activating group) is 1. The van der Waals surface area contributed by atoms with Crippen LogP contribution in [0.25, 0.3) is 0 Å². The zero-order chi connectivity index (χ0) is 14.4. The van der Waals surface area contributed by atoms with E-state index in [1.807, 2.05) is 0 Å². The third-order valence-electron chi connectivity index (χ3n) is 3.36. The van der Waals surface area contributed by atoms with Gasteiger partial charge in [-0.25, -0.2) is 0 Å². The SMILES string of the molecule is COc1cc(C)c2c(c1)C(O)(CC(=O)O)C(=O)N2C. The molecule has 102 valence electrons. The molecule has 1 atom stereocenters. The number of amides is 1. The Labute approximate surface area is 110 Å². The van der Waals surface area contributed by atoms with E-state index >= 15 is 0 Å². The van der Waals surface area contributed by atoms with E-state index in [-0.39, 0.29) is 5.56 Å². The molecule has 19 heavy (non-hydrogen) atoms. The van der Waals surface area contributed by atoms with E-state index in [0.29, 0.717) is 11.4 Å². The van der Waals surface area contributed by atoms with Gasteiger partial charge in [0.2, 0.25) is 0 Å². The van der Waals surface area contributed by atoms with Gasteiger partial charge in [-0.3, -0.25) is 9.59 Å². The van der Waals surface area contributed by atoms with Crippen LogP contribution in [0.1, 0.15) is 17.5 Å². The predicted octanol–water partition coefficient (Wildman–Crippen LogP) is 0.642. The van der Waals surface area contributed by atoms with Gasteiger partial charge in [0, 0.05) is 12.6 Å². The molecular formula is C13H15NO5. The third kappa shape index (κ3) is 1.84. The van der Waals surface area contributed by atoms with Gasteiger partial charge in [0.25, 0.3) is 5.91 Å². The Morgan fingerprint density at radius 3 is 2.63 bits per heavy atom. The molecule has 1 heterocycles. The zero-order valence-corrected chi connectivity index (χ0v) is 10.9. The standard InChI is InChI=1S/C13H15NO5/c1-7-4-8(19-3)5-9-11(7)14(2)12(17)13(9,18)6-10(15)16/h4-5,18H,6H2,1-3H3,(H,15,16). The number of methoxy groups -OCH3 is 1. The number of ether oxygens (including phenoxy) is 1. The van der Waals surface area contributed by atoms with Crippen molar-refractivity contribution in [3.63, 3.8) is 0 Å². The van der Waals surface area contributed by atoms with Crippen LogP contribution in [-0.4, -0.2) is 36.2 Å². The predicted molar refractivity (Wildman–Crippen MR) is 67.3 cm³/mol. The van der Waals surface area contributed by atoms with Gasteiger partial charge < -0.3 is 19.8 Å². The van der Waals surface area contributed by atoms with Crippen LogP contribution in [0.15, 0.2) is 12.1 Å². The minimum Gasteiger partial charge on any atom is -0.497 e. The Morgan fingerprint density at radius 2 is 2.11 bits per heavy atom. The van der Waals surface area contributed by atoms with Crippen LogP contribution in [-0.2, 0) is 15.2 Å². The molecule has 6 heteroatoms. The highest BCUT2D eigenvalue weighted by Gasteiger charge is 2.50. The van der Waals surface area contributed by atoms with E-state index in [9.17, 15) is 14.7 Å². The summed E-state index contributed by atoms with van der Waals surface area (Å²) in [6, 6.07) is 3.24. The highest BCUT2D eigenvalue weighted by atomic mass is 16.5. The number of benzene rings is 1. The first-order valence-corrected chi connectivity index (χ1v) is 5.72. The lowest BCUT2D eigenvalue weighted by atomic mass is 9.90. The molecule has 0 aromatic heterocycles. The van der Waals surface area contributed by atoms with E-state index in [0.717, 1.165) is 5.56 Å². The van der Waals surface area contributed by atoms with Gasteiger partial charge in [0.05, 0.1) is 19.2 Å². The Morgan fingerprint density at radius 1 is 1.47 bits per heavy atom. The maximum atomic E-state index is 12.1. The summed E-state index contributed by atoms with van der Waals surface area (Å²) in [6.07, 6.45) is -0.671. The summed E-state index contributed by atoms with van der Waals surface area (Å²) >= 11 is 0. The molecule has 1 amide bonds. The number of carboxylic acids is 1. The van der Waals surface area contributed by atoms with Crippen LogP contribution < -0.4 is 9.64 Å². The average molecular weight is 265 g/mol. The van der Waals surface area contributed by atoms with Gasteiger partial charge >= 0.3 is 5.97 Å². The fourth-order valence-electron chi connectivity index (χ4n) is 2.51.